The van der Waals surface area contributed by atoms with Gasteiger partial charge < -0.3 is 4.90 Å². The summed E-state index contributed by atoms with van der Waals surface area (Å²) in [6.45, 7) is 0. The highest BCUT2D eigenvalue weighted by molar-refractivity contribution is 8.13. The molecule has 0 unspecified atom stereocenters. The lowest BCUT2D eigenvalue weighted by atomic mass is 10.1. The Balaban J connectivity index is 1.65. The van der Waals surface area contributed by atoms with Crippen molar-refractivity contribution in [2.45, 2.75) is 17.8 Å². The summed E-state index contributed by atoms with van der Waals surface area (Å²) in [7, 11) is -3.29. The van der Waals surface area contributed by atoms with Crippen LogP contribution in [0.3, 0.4) is 0 Å². The lowest BCUT2D eigenvalue weighted by Gasteiger charge is -2.27. The predicted octanol–water partition coefficient (Wildman–Crippen LogP) is 4.03. The number of hydrogen-bond donors (Lipinski definition) is 0. The van der Waals surface area contributed by atoms with Crippen molar-refractivity contribution in [1.29, 1.82) is 0 Å². The maximum Gasteiger partial charge on any atom is 0.164 e. The Labute approximate surface area is 169 Å². The first kappa shape index (κ1) is 19.6. The van der Waals surface area contributed by atoms with E-state index in [1.807, 2.05) is 0 Å². The van der Waals surface area contributed by atoms with Crippen molar-refractivity contribution in [2.75, 3.05) is 16.4 Å². The van der Waals surface area contributed by atoms with Gasteiger partial charge in [-0.15, -0.1) is 0 Å². The lowest BCUT2D eigenvalue weighted by Crippen LogP contribution is -2.39. The van der Waals surface area contributed by atoms with Crippen LogP contribution in [0.4, 0.5) is 18.9 Å². The Morgan fingerprint density at radius 1 is 1.11 bits per heavy atom. The zero-order valence-corrected chi connectivity index (χ0v) is 16.7. The SMILES string of the molecule is O=S1(=O)C[C@@H]2N=C(SCc3ccc(F)cc3Cl)N(c3ccc(F)cc3F)[C@H]2C1. The zero-order chi connectivity index (χ0) is 20.1. The number of thioether (sulfide) groups is 1. The van der Waals surface area contributed by atoms with Gasteiger partial charge >= 0.3 is 0 Å². The van der Waals surface area contributed by atoms with Crippen LogP contribution in [0.1, 0.15) is 5.56 Å². The third-order valence-corrected chi connectivity index (χ3v) is 7.71. The zero-order valence-electron chi connectivity index (χ0n) is 14.3. The van der Waals surface area contributed by atoms with Gasteiger partial charge in [-0.3, -0.25) is 4.99 Å². The fraction of sp³-hybridized carbons (Fsp3) is 0.278. The van der Waals surface area contributed by atoms with Crippen LogP contribution < -0.4 is 4.90 Å². The number of halogens is 4. The quantitative estimate of drug-likeness (QED) is 0.714. The van der Waals surface area contributed by atoms with E-state index in [2.05, 4.69) is 4.99 Å². The molecule has 1 fully saturated rings. The van der Waals surface area contributed by atoms with Gasteiger partial charge in [-0.25, -0.2) is 21.6 Å². The minimum Gasteiger partial charge on any atom is -0.312 e. The summed E-state index contributed by atoms with van der Waals surface area (Å²) in [5.41, 5.74) is 0.738. The standard InChI is InChI=1S/C18H14ClF3N2O2S2/c19-13-5-11(20)2-1-10(13)7-27-18-23-15-8-28(25,26)9-17(15)24(18)16-4-3-12(21)6-14(16)22/h1-6,15,17H,7-9H2/t15-,17-/m0/s1. The lowest BCUT2D eigenvalue weighted by molar-refractivity contribution is 0.577. The molecule has 0 aliphatic carbocycles. The number of rotatable bonds is 3. The van der Waals surface area contributed by atoms with E-state index in [0.717, 1.165) is 12.1 Å². The Bertz CT molecular complexity index is 1080. The second-order valence-corrected chi connectivity index (χ2v) is 10.1. The van der Waals surface area contributed by atoms with Crippen LogP contribution in [0, 0.1) is 17.5 Å². The van der Waals surface area contributed by atoms with Crippen LogP contribution in [-0.4, -0.2) is 37.2 Å². The van der Waals surface area contributed by atoms with Crippen molar-refractivity contribution in [3.8, 4) is 0 Å². The first-order valence-corrected chi connectivity index (χ1v) is 11.5. The molecule has 2 atom stereocenters. The fourth-order valence-electron chi connectivity index (χ4n) is 3.37. The van der Waals surface area contributed by atoms with Crippen LogP contribution in [0.25, 0.3) is 0 Å². The van der Waals surface area contributed by atoms with E-state index in [4.69, 9.17) is 11.6 Å². The summed E-state index contributed by atoms with van der Waals surface area (Å²) >= 11 is 7.30. The van der Waals surface area contributed by atoms with Crippen LogP contribution >= 0.6 is 23.4 Å². The number of aliphatic imine (C=N–C) groups is 1. The van der Waals surface area contributed by atoms with Gasteiger partial charge in [0.15, 0.2) is 15.0 Å². The van der Waals surface area contributed by atoms with Gasteiger partial charge in [0.2, 0.25) is 0 Å². The van der Waals surface area contributed by atoms with Crippen molar-refractivity contribution in [3.63, 3.8) is 0 Å². The topological polar surface area (TPSA) is 49.7 Å². The number of nitrogens with zero attached hydrogens (tertiary/aromatic N) is 2. The number of benzene rings is 2. The molecule has 4 nitrogen and oxygen atoms in total. The molecule has 2 aliphatic heterocycles. The number of fused-ring (bicyclic) bond motifs is 1. The Morgan fingerprint density at radius 2 is 1.82 bits per heavy atom. The molecule has 2 aliphatic rings. The van der Waals surface area contributed by atoms with Gasteiger partial charge in [0.1, 0.15) is 17.5 Å². The van der Waals surface area contributed by atoms with Crippen molar-refractivity contribution in [3.05, 3.63) is 64.4 Å². The average Bonchev–Trinajstić information content (AvgIpc) is 3.06. The number of anilines is 1. The molecule has 28 heavy (non-hydrogen) atoms. The molecule has 0 radical (unpaired) electrons. The largest absolute Gasteiger partial charge is 0.312 e. The predicted molar refractivity (Wildman–Crippen MR) is 105 cm³/mol. The molecule has 0 bridgehead atoms. The Kier molecular flexibility index (Phi) is 5.09. The molecule has 2 aromatic carbocycles. The second kappa shape index (κ2) is 7.27. The van der Waals surface area contributed by atoms with Gasteiger partial charge in [0.25, 0.3) is 0 Å². The summed E-state index contributed by atoms with van der Waals surface area (Å²) in [4.78, 5) is 6.00. The molecule has 0 amide bonds. The van der Waals surface area contributed by atoms with Crippen LogP contribution in [-0.2, 0) is 15.6 Å². The van der Waals surface area contributed by atoms with Crippen molar-refractivity contribution in [2.24, 2.45) is 4.99 Å². The normalized spacial score (nSPS) is 23.0. The molecular weight excluding hydrogens is 433 g/mol. The van der Waals surface area contributed by atoms with Gasteiger partial charge in [-0.05, 0) is 29.8 Å². The Hall–Kier alpha value is -1.71. The minimum absolute atomic E-state index is 0.0717. The summed E-state index contributed by atoms with van der Waals surface area (Å²) in [5.74, 6) is -1.90. The number of hydrogen-bond acceptors (Lipinski definition) is 5. The first-order valence-electron chi connectivity index (χ1n) is 8.33. The van der Waals surface area contributed by atoms with E-state index in [9.17, 15) is 21.6 Å². The highest BCUT2D eigenvalue weighted by Crippen LogP contribution is 2.37. The van der Waals surface area contributed by atoms with Gasteiger partial charge in [-0.1, -0.05) is 29.4 Å². The van der Waals surface area contributed by atoms with E-state index in [1.165, 1.54) is 34.9 Å². The van der Waals surface area contributed by atoms with Crippen molar-refractivity contribution < 1.29 is 21.6 Å². The van der Waals surface area contributed by atoms with Crippen LogP contribution in [0.5, 0.6) is 0 Å². The first-order chi connectivity index (χ1) is 13.2. The molecule has 0 spiro atoms. The molecule has 4 rings (SSSR count). The molecule has 0 N–H and O–H groups in total. The van der Waals surface area contributed by atoms with Gasteiger partial charge in [-0.2, -0.15) is 0 Å². The molecule has 0 aromatic heterocycles. The summed E-state index contributed by atoms with van der Waals surface area (Å²) in [6.07, 6.45) is 0. The summed E-state index contributed by atoms with van der Waals surface area (Å²) in [6, 6.07) is 6.13. The summed E-state index contributed by atoms with van der Waals surface area (Å²) < 4.78 is 65.0. The van der Waals surface area contributed by atoms with Crippen LogP contribution in [0.2, 0.25) is 5.02 Å². The number of amidine groups is 1. The van der Waals surface area contributed by atoms with Crippen molar-refractivity contribution in [1.82, 2.24) is 0 Å². The highest BCUT2D eigenvalue weighted by atomic mass is 35.5. The van der Waals surface area contributed by atoms with Crippen LogP contribution in [0.15, 0.2) is 41.4 Å². The maximum atomic E-state index is 14.4. The Morgan fingerprint density at radius 3 is 2.54 bits per heavy atom. The molecule has 0 saturated carbocycles. The molecule has 2 aromatic rings. The monoisotopic (exact) mass is 446 g/mol. The number of sulfone groups is 1. The third kappa shape index (κ3) is 3.75. The average molecular weight is 447 g/mol. The summed E-state index contributed by atoms with van der Waals surface area (Å²) in [5, 5.41) is 0.684. The van der Waals surface area contributed by atoms with E-state index in [-0.39, 0.29) is 22.2 Å². The third-order valence-electron chi connectivity index (χ3n) is 4.65. The smallest absolute Gasteiger partial charge is 0.164 e. The molecule has 2 heterocycles. The van der Waals surface area contributed by atoms with E-state index >= 15 is 0 Å². The van der Waals surface area contributed by atoms with E-state index < -0.39 is 39.4 Å². The fourth-order valence-corrected chi connectivity index (χ4v) is 6.65. The molecule has 148 valence electrons. The second-order valence-electron chi connectivity index (χ2n) is 6.61. The molecule has 1 saturated heterocycles. The molecule has 10 heteroatoms. The highest BCUT2D eigenvalue weighted by Gasteiger charge is 2.47. The minimum atomic E-state index is -3.29. The molecular formula is C18H14ClF3N2O2S2. The van der Waals surface area contributed by atoms with Gasteiger partial charge in [0, 0.05) is 16.8 Å². The van der Waals surface area contributed by atoms with Crippen molar-refractivity contribution >= 4 is 44.1 Å². The maximum absolute atomic E-state index is 14.4. The van der Waals surface area contributed by atoms with E-state index in [0.29, 0.717) is 16.5 Å². The van der Waals surface area contributed by atoms with E-state index in [1.54, 1.807) is 6.07 Å². The van der Waals surface area contributed by atoms with Gasteiger partial charge in [0.05, 0.1) is 29.3 Å².